The van der Waals surface area contributed by atoms with Crippen molar-refractivity contribution in [3.8, 4) is 0 Å². The highest BCUT2D eigenvalue weighted by atomic mass is 15.1. The lowest BCUT2D eigenvalue weighted by molar-refractivity contribution is -0.0604. The minimum absolute atomic E-state index is 0.712. The van der Waals surface area contributed by atoms with Crippen molar-refractivity contribution in [2.45, 2.75) is 65.3 Å². The second-order valence-corrected chi connectivity index (χ2v) is 8.82. The number of H-pyrrole nitrogens is 1. The van der Waals surface area contributed by atoms with Crippen LogP contribution in [0.4, 0.5) is 0 Å². The van der Waals surface area contributed by atoms with Gasteiger partial charge in [-0.2, -0.15) is 5.10 Å². The summed E-state index contributed by atoms with van der Waals surface area (Å²) in [6.45, 7) is 6.55. The fraction of sp³-hybridized carbons (Fsp3) is 0.842. The summed E-state index contributed by atoms with van der Waals surface area (Å²) in [6, 6.07) is 0. The van der Waals surface area contributed by atoms with E-state index in [1.807, 2.05) is 0 Å². The van der Waals surface area contributed by atoms with Crippen LogP contribution in [0, 0.1) is 37.0 Å². The van der Waals surface area contributed by atoms with Gasteiger partial charge in [-0.05, 0) is 95.6 Å². The third-order valence-corrected chi connectivity index (χ3v) is 6.90. The zero-order valence-electron chi connectivity index (χ0n) is 14.5. The Morgan fingerprint density at radius 2 is 1.68 bits per heavy atom. The highest BCUT2D eigenvalue weighted by Gasteiger charge is 2.50. The topological polar surface area (TPSA) is 31.9 Å². The smallest absolute Gasteiger partial charge is 0.0639 e. The molecular weight excluding hydrogens is 270 g/mol. The van der Waals surface area contributed by atoms with Crippen molar-refractivity contribution in [2.24, 2.45) is 23.2 Å². The van der Waals surface area contributed by atoms with Gasteiger partial charge in [0.1, 0.15) is 0 Å². The highest BCUT2D eigenvalue weighted by Crippen LogP contribution is 2.61. The summed E-state index contributed by atoms with van der Waals surface area (Å²) in [5, 5.41) is 7.45. The van der Waals surface area contributed by atoms with E-state index in [-0.39, 0.29) is 0 Å². The summed E-state index contributed by atoms with van der Waals surface area (Å²) in [4.78, 5) is 2.52. The predicted molar refractivity (Wildman–Crippen MR) is 89.6 cm³/mol. The second-order valence-electron chi connectivity index (χ2n) is 8.82. The predicted octanol–water partition coefficient (Wildman–Crippen LogP) is 4.06. The Morgan fingerprint density at radius 3 is 2.18 bits per heavy atom. The SMILES string of the molecule is Cc1n[nH]c(C)c1CN(C)CCC12CC3CC(CC(C3)C1)C2. The largest absolute Gasteiger partial charge is 0.302 e. The Morgan fingerprint density at radius 1 is 1.09 bits per heavy atom. The molecule has 0 aromatic carbocycles. The average Bonchev–Trinajstić information content (AvgIpc) is 2.76. The molecule has 0 amide bonds. The van der Waals surface area contributed by atoms with Crippen LogP contribution in [-0.4, -0.2) is 28.7 Å². The van der Waals surface area contributed by atoms with Gasteiger partial charge in [-0.3, -0.25) is 5.10 Å². The molecule has 4 saturated carbocycles. The van der Waals surface area contributed by atoms with Crippen LogP contribution in [0.1, 0.15) is 61.9 Å². The molecule has 1 aromatic rings. The van der Waals surface area contributed by atoms with Crippen molar-refractivity contribution in [1.82, 2.24) is 15.1 Å². The van der Waals surface area contributed by atoms with E-state index in [4.69, 9.17) is 0 Å². The zero-order valence-corrected chi connectivity index (χ0v) is 14.5. The van der Waals surface area contributed by atoms with Crippen molar-refractivity contribution < 1.29 is 0 Å². The number of aromatic nitrogens is 2. The van der Waals surface area contributed by atoms with E-state index in [1.54, 1.807) is 19.3 Å². The van der Waals surface area contributed by atoms with Gasteiger partial charge >= 0.3 is 0 Å². The summed E-state index contributed by atoms with van der Waals surface area (Å²) in [5.74, 6) is 3.24. The van der Waals surface area contributed by atoms with E-state index in [0.717, 1.165) is 24.3 Å². The molecule has 0 atom stereocenters. The van der Waals surface area contributed by atoms with E-state index in [2.05, 4.69) is 36.0 Å². The Balaban J connectivity index is 1.36. The van der Waals surface area contributed by atoms with Gasteiger partial charge in [0, 0.05) is 17.8 Å². The Kier molecular flexibility index (Phi) is 3.60. The number of hydrogen-bond acceptors (Lipinski definition) is 2. The molecule has 22 heavy (non-hydrogen) atoms. The zero-order chi connectivity index (χ0) is 15.3. The molecule has 3 heteroatoms. The number of aryl methyl sites for hydroxylation is 2. The molecule has 0 radical (unpaired) electrons. The first kappa shape index (κ1) is 14.7. The lowest BCUT2D eigenvalue weighted by Crippen LogP contribution is -2.47. The molecule has 122 valence electrons. The Bertz CT molecular complexity index is 490. The number of hydrogen-bond donors (Lipinski definition) is 1. The van der Waals surface area contributed by atoms with Crippen LogP contribution in [0.15, 0.2) is 0 Å². The van der Waals surface area contributed by atoms with Gasteiger partial charge in [-0.15, -0.1) is 0 Å². The average molecular weight is 301 g/mol. The van der Waals surface area contributed by atoms with E-state index in [1.165, 1.54) is 49.2 Å². The van der Waals surface area contributed by atoms with E-state index < -0.39 is 0 Å². The van der Waals surface area contributed by atoms with Crippen LogP contribution in [-0.2, 0) is 6.54 Å². The molecule has 5 rings (SSSR count). The maximum absolute atomic E-state index is 4.33. The maximum atomic E-state index is 4.33. The first-order valence-electron chi connectivity index (χ1n) is 9.22. The number of nitrogens with one attached hydrogen (secondary N) is 1. The molecule has 0 unspecified atom stereocenters. The number of rotatable bonds is 5. The summed E-state index contributed by atoms with van der Waals surface area (Å²) < 4.78 is 0. The lowest BCUT2D eigenvalue weighted by Gasteiger charge is -2.57. The molecule has 3 nitrogen and oxygen atoms in total. The van der Waals surface area contributed by atoms with Crippen LogP contribution in [0.5, 0.6) is 0 Å². The molecule has 1 aromatic heterocycles. The van der Waals surface area contributed by atoms with E-state index in [0.29, 0.717) is 5.41 Å². The molecule has 0 aliphatic heterocycles. The van der Waals surface area contributed by atoms with Crippen LogP contribution >= 0.6 is 0 Å². The van der Waals surface area contributed by atoms with Gasteiger partial charge in [-0.25, -0.2) is 0 Å². The van der Waals surface area contributed by atoms with Crippen molar-refractivity contribution in [2.75, 3.05) is 13.6 Å². The van der Waals surface area contributed by atoms with Gasteiger partial charge in [0.05, 0.1) is 5.69 Å². The number of nitrogens with zero attached hydrogens (tertiary/aromatic N) is 2. The van der Waals surface area contributed by atoms with Crippen LogP contribution in [0.2, 0.25) is 0 Å². The molecule has 4 aliphatic carbocycles. The van der Waals surface area contributed by atoms with E-state index in [9.17, 15) is 0 Å². The first-order valence-corrected chi connectivity index (χ1v) is 9.22. The number of aromatic amines is 1. The molecule has 4 aliphatic rings. The van der Waals surface area contributed by atoms with Crippen molar-refractivity contribution >= 4 is 0 Å². The molecule has 4 fully saturated rings. The summed E-state index contributed by atoms with van der Waals surface area (Å²) in [5.41, 5.74) is 4.51. The molecular formula is C19H31N3. The summed E-state index contributed by atoms with van der Waals surface area (Å²) in [6.07, 6.45) is 10.7. The minimum Gasteiger partial charge on any atom is -0.302 e. The monoisotopic (exact) mass is 301 g/mol. The maximum Gasteiger partial charge on any atom is 0.0639 e. The Labute approximate surface area is 134 Å². The fourth-order valence-corrected chi connectivity index (χ4v) is 6.18. The molecule has 1 N–H and O–H groups in total. The second kappa shape index (κ2) is 5.36. The summed E-state index contributed by atoms with van der Waals surface area (Å²) in [7, 11) is 2.28. The fourth-order valence-electron chi connectivity index (χ4n) is 6.18. The standard InChI is InChI=1S/C19H31N3/c1-13-18(14(2)21-20-13)12-22(3)5-4-19-9-15-6-16(10-19)8-17(7-15)11-19/h15-17H,4-12H2,1-3H3,(H,20,21). The van der Waals surface area contributed by atoms with Crippen molar-refractivity contribution in [1.29, 1.82) is 0 Å². The van der Waals surface area contributed by atoms with Crippen molar-refractivity contribution in [3.63, 3.8) is 0 Å². The van der Waals surface area contributed by atoms with Crippen LogP contribution < -0.4 is 0 Å². The third-order valence-electron chi connectivity index (χ3n) is 6.90. The van der Waals surface area contributed by atoms with Crippen LogP contribution in [0.25, 0.3) is 0 Å². The molecule has 0 spiro atoms. The normalized spacial score (nSPS) is 36.5. The Hall–Kier alpha value is -0.830. The lowest BCUT2D eigenvalue weighted by atomic mass is 9.49. The van der Waals surface area contributed by atoms with Gasteiger partial charge in [0.25, 0.3) is 0 Å². The van der Waals surface area contributed by atoms with Gasteiger partial charge in [0.15, 0.2) is 0 Å². The molecule has 4 bridgehead atoms. The molecule has 0 saturated heterocycles. The van der Waals surface area contributed by atoms with Crippen LogP contribution in [0.3, 0.4) is 0 Å². The van der Waals surface area contributed by atoms with E-state index >= 15 is 0 Å². The third kappa shape index (κ3) is 2.62. The quantitative estimate of drug-likeness (QED) is 0.889. The van der Waals surface area contributed by atoms with Gasteiger partial charge in [-0.1, -0.05) is 0 Å². The molecule has 1 heterocycles. The minimum atomic E-state index is 0.712. The summed E-state index contributed by atoms with van der Waals surface area (Å²) >= 11 is 0. The van der Waals surface area contributed by atoms with Crippen molar-refractivity contribution in [3.05, 3.63) is 17.0 Å². The highest BCUT2D eigenvalue weighted by molar-refractivity contribution is 5.22. The van der Waals surface area contributed by atoms with Gasteiger partial charge < -0.3 is 4.90 Å². The van der Waals surface area contributed by atoms with Gasteiger partial charge in [0.2, 0.25) is 0 Å². The first-order chi connectivity index (χ1) is 10.5.